The summed E-state index contributed by atoms with van der Waals surface area (Å²) < 4.78 is 0. The van der Waals surface area contributed by atoms with Crippen molar-refractivity contribution in [1.82, 2.24) is 14.9 Å². The number of carboxylic acid groups (broad SMARTS) is 1. The topological polar surface area (TPSA) is 95.4 Å². The number of pyridine rings is 2. The molecule has 7 nitrogen and oxygen atoms in total. The van der Waals surface area contributed by atoms with Gasteiger partial charge in [0.2, 0.25) is 5.91 Å². The van der Waals surface area contributed by atoms with Gasteiger partial charge in [0.25, 0.3) is 0 Å². The second-order valence-electron chi connectivity index (χ2n) is 9.33. The number of nitrogens with zero attached hydrogens (tertiary/aromatic N) is 3. The second-order valence-corrected chi connectivity index (χ2v) is 9.33. The maximum atomic E-state index is 13.3. The molecule has 1 amide bonds. The summed E-state index contributed by atoms with van der Waals surface area (Å²) in [6, 6.07) is 13.5. The third kappa shape index (κ3) is 4.74. The van der Waals surface area contributed by atoms with Crippen molar-refractivity contribution in [3.8, 4) is 0 Å². The molecule has 0 aliphatic carbocycles. The Bertz CT molecular complexity index is 1210. The summed E-state index contributed by atoms with van der Waals surface area (Å²) in [4.78, 5) is 35.9. The van der Waals surface area contributed by atoms with Gasteiger partial charge in [0, 0.05) is 36.3 Å². The average Bonchev–Trinajstić information content (AvgIpc) is 3.22. The highest BCUT2D eigenvalue weighted by atomic mass is 16.4. The number of aryl methyl sites for hydroxylation is 2. The molecule has 1 saturated heterocycles. The minimum absolute atomic E-state index is 0.0551. The van der Waals surface area contributed by atoms with Gasteiger partial charge in [-0.15, -0.1) is 0 Å². The summed E-state index contributed by atoms with van der Waals surface area (Å²) in [5.74, 6) is 0.0776. The fourth-order valence-corrected chi connectivity index (χ4v) is 5.22. The molecule has 1 unspecified atom stereocenters. The van der Waals surface area contributed by atoms with E-state index in [1.807, 2.05) is 30.3 Å². The number of para-hydroxylation sites is 1. The largest absolute Gasteiger partial charge is 0.481 e. The number of carbonyl (C=O) groups is 2. The molecule has 0 radical (unpaired) electrons. The molecule has 1 fully saturated rings. The fourth-order valence-electron chi connectivity index (χ4n) is 5.22. The van der Waals surface area contributed by atoms with Crippen molar-refractivity contribution < 1.29 is 14.7 Å². The molecular weight excluding hydrogens is 428 g/mol. The summed E-state index contributed by atoms with van der Waals surface area (Å²) in [6.45, 7) is 1.55. The Morgan fingerprint density at radius 3 is 3.00 bits per heavy atom. The smallest absolute Gasteiger partial charge is 0.305 e. The van der Waals surface area contributed by atoms with Gasteiger partial charge in [-0.2, -0.15) is 0 Å². The van der Waals surface area contributed by atoms with E-state index in [2.05, 4.69) is 22.4 Å². The van der Waals surface area contributed by atoms with Crippen LogP contribution in [-0.4, -0.2) is 44.9 Å². The Morgan fingerprint density at radius 2 is 2.12 bits per heavy atom. The molecule has 176 valence electrons. The minimum atomic E-state index is -0.915. The lowest BCUT2D eigenvalue weighted by atomic mass is 9.98. The van der Waals surface area contributed by atoms with E-state index in [4.69, 9.17) is 4.98 Å². The first-order valence-electron chi connectivity index (χ1n) is 12.2. The number of anilines is 1. The van der Waals surface area contributed by atoms with Crippen molar-refractivity contribution >= 4 is 28.6 Å². The summed E-state index contributed by atoms with van der Waals surface area (Å²) in [5, 5.41) is 13.9. The van der Waals surface area contributed by atoms with Gasteiger partial charge in [-0.25, -0.2) is 4.98 Å². The summed E-state index contributed by atoms with van der Waals surface area (Å²) in [7, 11) is 0. The van der Waals surface area contributed by atoms with Crippen molar-refractivity contribution in [3.63, 3.8) is 0 Å². The van der Waals surface area contributed by atoms with Crippen molar-refractivity contribution in [1.29, 1.82) is 0 Å². The van der Waals surface area contributed by atoms with Gasteiger partial charge >= 0.3 is 5.97 Å². The van der Waals surface area contributed by atoms with E-state index in [1.165, 1.54) is 5.56 Å². The highest BCUT2D eigenvalue weighted by Crippen LogP contribution is 2.34. The zero-order valence-corrected chi connectivity index (χ0v) is 19.2. The monoisotopic (exact) mass is 458 g/mol. The van der Waals surface area contributed by atoms with Crippen LogP contribution >= 0.6 is 0 Å². The summed E-state index contributed by atoms with van der Waals surface area (Å²) in [5.41, 5.74) is 3.98. The number of fused-ring (bicyclic) bond motifs is 2. The highest BCUT2D eigenvalue weighted by molar-refractivity contribution is 5.83. The molecule has 2 aliphatic heterocycles. The quantitative estimate of drug-likeness (QED) is 0.520. The van der Waals surface area contributed by atoms with E-state index < -0.39 is 12.0 Å². The lowest BCUT2D eigenvalue weighted by molar-refractivity contribution is -0.140. The molecule has 0 saturated carbocycles. The molecule has 2 aliphatic rings. The number of nitrogens with one attached hydrogen (secondary N) is 1. The van der Waals surface area contributed by atoms with Crippen molar-refractivity contribution in [3.05, 3.63) is 65.5 Å². The first-order valence-corrected chi connectivity index (χ1v) is 12.2. The third-order valence-electron chi connectivity index (χ3n) is 7.03. The number of aliphatic carboxylic acids is 1. The van der Waals surface area contributed by atoms with Crippen LogP contribution in [0.1, 0.15) is 55.0 Å². The number of benzene rings is 1. The van der Waals surface area contributed by atoms with E-state index in [0.717, 1.165) is 73.0 Å². The molecule has 7 heteroatoms. The van der Waals surface area contributed by atoms with Gasteiger partial charge in [-0.1, -0.05) is 24.3 Å². The van der Waals surface area contributed by atoms with E-state index in [0.29, 0.717) is 6.54 Å². The molecule has 3 aromatic rings. The zero-order valence-electron chi connectivity index (χ0n) is 19.2. The Labute approximate surface area is 199 Å². The van der Waals surface area contributed by atoms with Crippen LogP contribution in [0.5, 0.6) is 0 Å². The van der Waals surface area contributed by atoms with Crippen LogP contribution in [0, 0.1) is 5.92 Å². The normalized spacial score (nSPS) is 18.5. The summed E-state index contributed by atoms with van der Waals surface area (Å²) in [6.07, 6.45) is 7.09. The van der Waals surface area contributed by atoms with Crippen molar-refractivity contribution in [2.45, 2.75) is 51.0 Å². The number of carboxylic acids is 1. The van der Waals surface area contributed by atoms with Gasteiger partial charge < -0.3 is 15.3 Å². The Morgan fingerprint density at radius 1 is 1.24 bits per heavy atom. The highest BCUT2D eigenvalue weighted by Gasteiger charge is 2.37. The molecule has 2 aromatic heterocycles. The van der Waals surface area contributed by atoms with Crippen molar-refractivity contribution in [2.24, 2.45) is 5.92 Å². The van der Waals surface area contributed by atoms with E-state index >= 15 is 0 Å². The molecule has 5 rings (SSSR count). The number of hydrogen-bond acceptors (Lipinski definition) is 5. The van der Waals surface area contributed by atoms with Crippen LogP contribution in [0.15, 0.2) is 48.7 Å². The van der Waals surface area contributed by atoms with Gasteiger partial charge in [-0.05, 0) is 67.9 Å². The van der Waals surface area contributed by atoms with Crippen molar-refractivity contribution in [2.75, 3.05) is 18.4 Å². The number of hydrogen-bond donors (Lipinski definition) is 2. The van der Waals surface area contributed by atoms with Crippen LogP contribution < -0.4 is 5.32 Å². The number of aromatic nitrogens is 2. The molecule has 2 N–H and O–H groups in total. The SMILES string of the molecule is O=C(O)C[C@@H](c1cnc2ccccc2c1)N1CCC(CCCc2ccc3c(n2)NCCC3)C1=O. The van der Waals surface area contributed by atoms with Crippen LogP contribution in [0.3, 0.4) is 0 Å². The molecule has 34 heavy (non-hydrogen) atoms. The van der Waals surface area contributed by atoms with E-state index in [-0.39, 0.29) is 18.2 Å². The number of carbonyl (C=O) groups excluding carboxylic acids is 1. The van der Waals surface area contributed by atoms with Gasteiger partial charge in [-0.3, -0.25) is 14.6 Å². The van der Waals surface area contributed by atoms with Crippen LogP contribution in [0.25, 0.3) is 10.9 Å². The average molecular weight is 459 g/mol. The fraction of sp³-hybridized carbons (Fsp3) is 0.407. The molecule has 0 bridgehead atoms. The van der Waals surface area contributed by atoms with Crippen LogP contribution in [-0.2, 0) is 22.4 Å². The molecule has 1 aromatic carbocycles. The number of amides is 1. The van der Waals surface area contributed by atoms with E-state index in [9.17, 15) is 14.7 Å². The number of rotatable bonds is 8. The predicted molar refractivity (Wildman–Crippen MR) is 131 cm³/mol. The lowest BCUT2D eigenvalue weighted by Crippen LogP contribution is -2.33. The maximum Gasteiger partial charge on any atom is 0.305 e. The Balaban J connectivity index is 1.24. The minimum Gasteiger partial charge on any atom is -0.481 e. The molecule has 2 atom stereocenters. The lowest BCUT2D eigenvalue weighted by Gasteiger charge is -2.27. The molecule has 4 heterocycles. The van der Waals surface area contributed by atoms with Crippen LogP contribution in [0.2, 0.25) is 0 Å². The molecular formula is C27H30N4O3. The van der Waals surface area contributed by atoms with Crippen LogP contribution in [0.4, 0.5) is 5.82 Å². The summed E-state index contributed by atoms with van der Waals surface area (Å²) >= 11 is 0. The van der Waals surface area contributed by atoms with E-state index in [1.54, 1.807) is 11.1 Å². The Kier molecular flexibility index (Phi) is 6.43. The molecule has 0 spiro atoms. The maximum absolute atomic E-state index is 13.3. The Hall–Kier alpha value is -3.48. The first kappa shape index (κ1) is 22.3. The second kappa shape index (κ2) is 9.79. The van der Waals surface area contributed by atoms with Gasteiger partial charge in [0.15, 0.2) is 0 Å². The van der Waals surface area contributed by atoms with Gasteiger partial charge in [0.05, 0.1) is 18.0 Å². The predicted octanol–water partition coefficient (Wildman–Crippen LogP) is 4.38. The number of likely N-dealkylation sites (tertiary alicyclic amines) is 1. The standard InChI is InChI=1S/C27H30N4O3/c32-25(33)16-24(21-15-20-5-1-2-9-23(20)29-17-21)31-14-12-19(27(31)34)6-3-8-22-11-10-18-7-4-13-28-26(18)30-22/h1-2,5,9-11,15,17,19,24H,3-4,6-8,12-14,16H2,(H,28,30)(H,32,33)/t19?,24-/m0/s1. The van der Waals surface area contributed by atoms with Gasteiger partial charge in [0.1, 0.15) is 5.82 Å². The first-order chi connectivity index (χ1) is 16.6. The zero-order chi connectivity index (χ0) is 23.5. The third-order valence-corrected chi connectivity index (χ3v) is 7.03.